The number of aromatic amines is 1. The minimum atomic E-state index is -0.733. The molecule has 2 aliphatic rings. The molecule has 2 unspecified atom stereocenters. The number of nitrogens with one attached hydrogen (secondary N) is 1. The van der Waals surface area contributed by atoms with Crippen molar-refractivity contribution >= 4 is 28.4 Å². The molecule has 0 bridgehead atoms. The Bertz CT molecular complexity index is 1220. The molecule has 0 saturated carbocycles. The summed E-state index contributed by atoms with van der Waals surface area (Å²) < 4.78 is 11.1. The zero-order valence-electron chi connectivity index (χ0n) is 17.7. The van der Waals surface area contributed by atoms with Crippen molar-refractivity contribution in [2.45, 2.75) is 25.0 Å². The highest BCUT2D eigenvalue weighted by molar-refractivity contribution is 6.46. The van der Waals surface area contributed by atoms with Crippen LogP contribution < -0.4 is 4.74 Å². The van der Waals surface area contributed by atoms with Crippen molar-refractivity contribution in [3.05, 3.63) is 71.4 Å². The quantitative estimate of drug-likeness (QED) is 0.364. The Morgan fingerprint density at radius 2 is 2.06 bits per heavy atom. The predicted octanol–water partition coefficient (Wildman–Crippen LogP) is 3.78. The first-order chi connectivity index (χ1) is 15.6. The van der Waals surface area contributed by atoms with Gasteiger partial charge in [-0.3, -0.25) is 9.59 Å². The smallest absolute Gasteiger partial charge is 0.295 e. The van der Waals surface area contributed by atoms with E-state index in [1.54, 1.807) is 25.4 Å². The summed E-state index contributed by atoms with van der Waals surface area (Å²) in [5.41, 5.74) is 2.10. The Hall–Kier alpha value is -3.58. The van der Waals surface area contributed by atoms with Crippen LogP contribution in [0.1, 0.15) is 30.0 Å². The van der Waals surface area contributed by atoms with Crippen LogP contribution in [0.4, 0.5) is 0 Å². The van der Waals surface area contributed by atoms with Gasteiger partial charge in [-0.1, -0.05) is 30.3 Å². The number of aromatic nitrogens is 1. The van der Waals surface area contributed by atoms with E-state index in [2.05, 4.69) is 4.98 Å². The Morgan fingerprint density at radius 1 is 1.22 bits per heavy atom. The Kier molecular flexibility index (Phi) is 5.19. The van der Waals surface area contributed by atoms with E-state index in [1.807, 2.05) is 36.4 Å². The lowest BCUT2D eigenvalue weighted by atomic mass is 9.95. The number of aliphatic hydroxyl groups excluding tert-OH is 1. The molecule has 164 valence electrons. The monoisotopic (exact) mass is 432 g/mol. The van der Waals surface area contributed by atoms with Crippen LogP contribution in [0.3, 0.4) is 0 Å². The fourth-order valence-electron chi connectivity index (χ4n) is 4.65. The molecule has 0 spiro atoms. The molecule has 2 saturated heterocycles. The zero-order chi connectivity index (χ0) is 22.2. The third-order valence-electron chi connectivity index (χ3n) is 6.22. The van der Waals surface area contributed by atoms with Crippen LogP contribution in [0.25, 0.3) is 16.7 Å². The molecular weight excluding hydrogens is 408 g/mol. The van der Waals surface area contributed by atoms with Gasteiger partial charge in [-0.25, -0.2) is 0 Å². The third kappa shape index (κ3) is 3.35. The largest absolute Gasteiger partial charge is 0.507 e. The standard InChI is InChI=1S/C25H24N2O5/c1-31-16-7-4-6-15(12-16)22-21(23(28)19-13-26-20-10-3-2-9-18(19)20)24(29)25(30)27(22)14-17-8-5-11-32-17/h2-4,6-7,9-10,12-13,17,22,26,28H,5,8,11,14H2,1H3/b23-21-. The van der Waals surface area contributed by atoms with Crippen molar-refractivity contribution in [2.24, 2.45) is 0 Å². The van der Waals surface area contributed by atoms with E-state index < -0.39 is 17.7 Å². The van der Waals surface area contributed by atoms with Crippen molar-refractivity contribution < 1.29 is 24.2 Å². The summed E-state index contributed by atoms with van der Waals surface area (Å²) in [6.45, 7) is 0.935. The van der Waals surface area contributed by atoms with Gasteiger partial charge in [0, 0.05) is 35.8 Å². The van der Waals surface area contributed by atoms with Gasteiger partial charge in [0.2, 0.25) is 0 Å². The van der Waals surface area contributed by atoms with Gasteiger partial charge >= 0.3 is 0 Å². The number of likely N-dealkylation sites (tertiary alicyclic amines) is 1. The van der Waals surface area contributed by atoms with E-state index in [9.17, 15) is 14.7 Å². The van der Waals surface area contributed by atoms with Gasteiger partial charge in [0.05, 0.1) is 24.8 Å². The second kappa shape index (κ2) is 8.16. The number of hydrogen-bond acceptors (Lipinski definition) is 5. The number of fused-ring (bicyclic) bond motifs is 1. The van der Waals surface area contributed by atoms with E-state index in [-0.39, 0.29) is 24.0 Å². The summed E-state index contributed by atoms with van der Waals surface area (Å²) in [7, 11) is 1.56. The van der Waals surface area contributed by atoms with Crippen molar-refractivity contribution in [3.63, 3.8) is 0 Å². The highest BCUT2D eigenvalue weighted by atomic mass is 16.5. The highest BCUT2D eigenvalue weighted by Crippen LogP contribution is 2.41. The Labute approximate surface area is 185 Å². The molecule has 2 aromatic carbocycles. The summed E-state index contributed by atoms with van der Waals surface area (Å²) in [4.78, 5) is 31.0. The lowest BCUT2D eigenvalue weighted by Gasteiger charge is -2.27. The topological polar surface area (TPSA) is 91.9 Å². The van der Waals surface area contributed by atoms with Gasteiger partial charge in [-0.2, -0.15) is 0 Å². The van der Waals surface area contributed by atoms with Crippen LogP contribution in [0.5, 0.6) is 5.75 Å². The van der Waals surface area contributed by atoms with Gasteiger partial charge in [0.15, 0.2) is 0 Å². The molecule has 3 aromatic rings. The fourth-order valence-corrected chi connectivity index (χ4v) is 4.65. The number of ether oxygens (including phenoxy) is 2. The molecule has 2 fully saturated rings. The molecular formula is C25H24N2O5. The number of hydrogen-bond donors (Lipinski definition) is 2. The lowest BCUT2D eigenvalue weighted by Crippen LogP contribution is -2.36. The van der Waals surface area contributed by atoms with Gasteiger partial charge in [0.25, 0.3) is 11.7 Å². The van der Waals surface area contributed by atoms with Gasteiger partial charge in [-0.15, -0.1) is 0 Å². The molecule has 2 atom stereocenters. The molecule has 2 N–H and O–H groups in total. The first-order valence-corrected chi connectivity index (χ1v) is 10.7. The summed E-state index contributed by atoms with van der Waals surface area (Å²) in [6.07, 6.45) is 3.29. The number of carbonyl (C=O) groups excluding carboxylic acids is 2. The van der Waals surface area contributed by atoms with Crippen molar-refractivity contribution in [1.29, 1.82) is 0 Å². The molecule has 1 aromatic heterocycles. The average Bonchev–Trinajstić information content (AvgIpc) is 3.54. The number of ketones is 1. The number of Topliss-reactive ketones (excluding diaryl/α,β-unsaturated/α-hetero) is 1. The molecule has 0 radical (unpaired) electrons. The molecule has 1 amide bonds. The fraction of sp³-hybridized carbons (Fsp3) is 0.280. The molecule has 2 aliphatic heterocycles. The van der Waals surface area contributed by atoms with E-state index in [0.29, 0.717) is 23.5 Å². The van der Waals surface area contributed by atoms with E-state index in [0.717, 1.165) is 23.7 Å². The minimum absolute atomic E-state index is 0.0750. The second-order valence-electron chi connectivity index (χ2n) is 8.11. The number of benzene rings is 2. The Balaban J connectivity index is 1.67. The second-order valence-corrected chi connectivity index (χ2v) is 8.11. The first-order valence-electron chi connectivity index (χ1n) is 10.7. The Morgan fingerprint density at radius 3 is 2.84 bits per heavy atom. The number of aliphatic hydroxyl groups is 1. The van der Waals surface area contributed by atoms with Crippen LogP contribution in [-0.4, -0.2) is 53.0 Å². The highest BCUT2D eigenvalue weighted by Gasteiger charge is 2.47. The average molecular weight is 432 g/mol. The summed E-state index contributed by atoms with van der Waals surface area (Å²) in [5.74, 6) is -0.908. The van der Waals surface area contributed by atoms with Crippen LogP contribution in [-0.2, 0) is 14.3 Å². The number of amides is 1. The van der Waals surface area contributed by atoms with Crippen LogP contribution in [0, 0.1) is 0 Å². The lowest BCUT2D eigenvalue weighted by molar-refractivity contribution is -0.140. The molecule has 32 heavy (non-hydrogen) atoms. The number of H-pyrrole nitrogens is 1. The number of nitrogens with zero attached hydrogens (tertiary/aromatic N) is 1. The van der Waals surface area contributed by atoms with Crippen molar-refractivity contribution in [1.82, 2.24) is 9.88 Å². The summed E-state index contributed by atoms with van der Waals surface area (Å²) in [5, 5.41) is 12.1. The molecule has 3 heterocycles. The van der Waals surface area contributed by atoms with Crippen molar-refractivity contribution in [2.75, 3.05) is 20.3 Å². The van der Waals surface area contributed by atoms with E-state index in [4.69, 9.17) is 9.47 Å². The van der Waals surface area contributed by atoms with Crippen LogP contribution >= 0.6 is 0 Å². The predicted molar refractivity (Wildman–Crippen MR) is 119 cm³/mol. The number of rotatable bonds is 5. The van der Waals surface area contributed by atoms with Crippen molar-refractivity contribution in [3.8, 4) is 5.75 Å². The number of methoxy groups -OCH3 is 1. The van der Waals surface area contributed by atoms with Crippen LogP contribution in [0.2, 0.25) is 0 Å². The molecule has 0 aliphatic carbocycles. The zero-order valence-corrected chi connectivity index (χ0v) is 17.7. The SMILES string of the molecule is COc1cccc(C2/C(=C(/O)c3c[nH]c4ccccc34)C(=O)C(=O)N2CC2CCCO2)c1. The number of carbonyl (C=O) groups is 2. The van der Waals surface area contributed by atoms with Gasteiger partial charge < -0.3 is 24.5 Å². The maximum atomic E-state index is 13.2. The normalized spacial score (nSPS) is 22.7. The molecule has 5 rings (SSSR count). The molecule has 7 nitrogen and oxygen atoms in total. The maximum absolute atomic E-state index is 13.2. The molecule has 7 heteroatoms. The van der Waals surface area contributed by atoms with E-state index in [1.165, 1.54) is 4.90 Å². The van der Waals surface area contributed by atoms with Crippen LogP contribution in [0.15, 0.2) is 60.3 Å². The summed E-state index contributed by atoms with van der Waals surface area (Å²) >= 11 is 0. The number of para-hydroxylation sites is 1. The van der Waals surface area contributed by atoms with E-state index >= 15 is 0 Å². The first kappa shape index (κ1) is 20.3. The maximum Gasteiger partial charge on any atom is 0.295 e. The van der Waals surface area contributed by atoms with Gasteiger partial charge in [-0.05, 0) is 36.6 Å². The van der Waals surface area contributed by atoms with Gasteiger partial charge in [0.1, 0.15) is 11.5 Å². The summed E-state index contributed by atoms with van der Waals surface area (Å²) in [6, 6.07) is 14.0. The minimum Gasteiger partial charge on any atom is -0.507 e. The third-order valence-corrected chi connectivity index (χ3v) is 6.22.